The van der Waals surface area contributed by atoms with Crippen molar-refractivity contribution in [3.05, 3.63) is 22.9 Å². The number of pyridine rings is 1. The van der Waals surface area contributed by atoms with E-state index >= 15 is 0 Å². The van der Waals surface area contributed by atoms with Gasteiger partial charge in [0, 0.05) is 12.1 Å². The molecule has 5 heteroatoms. The van der Waals surface area contributed by atoms with Crippen molar-refractivity contribution in [3.8, 4) is 5.88 Å². The van der Waals surface area contributed by atoms with Gasteiger partial charge < -0.3 is 14.6 Å². The van der Waals surface area contributed by atoms with Gasteiger partial charge in [-0.1, -0.05) is 0 Å². The minimum atomic E-state index is -0.977. The summed E-state index contributed by atoms with van der Waals surface area (Å²) in [4.78, 5) is 15.8. The van der Waals surface area contributed by atoms with Gasteiger partial charge in [0.25, 0.3) is 0 Å². The number of carbonyl (C=O) groups is 1. The minimum absolute atomic E-state index is 0.0766. The molecule has 102 valence electrons. The molecule has 1 fully saturated rings. The molecular formula is C14H17NO4. The van der Waals surface area contributed by atoms with Gasteiger partial charge in [0.1, 0.15) is 11.7 Å². The summed E-state index contributed by atoms with van der Waals surface area (Å²) in [7, 11) is 0. The first-order valence-electron chi connectivity index (χ1n) is 6.74. The van der Waals surface area contributed by atoms with E-state index in [9.17, 15) is 9.90 Å². The van der Waals surface area contributed by atoms with E-state index in [-0.39, 0.29) is 17.5 Å². The molecule has 0 amide bonds. The first-order valence-corrected chi connectivity index (χ1v) is 6.74. The first kappa shape index (κ1) is 12.4. The number of aryl methyl sites for hydroxylation is 2. The van der Waals surface area contributed by atoms with Gasteiger partial charge in [-0.05, 0) is 37.3 Å². The van der Waals surface area contributed by atoms with Crippen LogP contribution >= 0.6 is 0 Å². The van der Waals surface area contributed by atoms with Crippen LogP contribution in [0.1, 0.15) is 40.9 Å². The van der Waals surface area contributed by atoms with Gasteiger partial charge in [-0.2, -0.15) is 0 Å². The van der Waals surface area contributed by atoms with Crippen molar-refractivity contribution in [2.75, 3.05) is 13.2 Å². The van der Waals surface area contributed by atoms with Gasteiger partial charge in [0.15, 0.2) is 0 Å². The van der Waals surface area contributed by atoms with Crippen LogP contribution in [0.3, 0.4) is 0 Å². The van der Waals surface area contributed by atoms with Crippen LogP contribution in [0.25, 0.3) is 0 Å². The SMILES string of the molecule is O=C(O)c1cc2c(nc1OC1CCOC1)CCCC2. The highest BCUT2D eigenvalue weighted by molar-refractivity contribution is 5.90. The van der Waals surface area contributed by atoms with Gasteiger partial charge in [-0.15, -0.1) is 0 Å². The number of rotatable bonds is 3. The van der Waals surface area contributed by atoms with Crippen molar-refractivity contribution in [2.24, 2.45) is 0 Å². The third kappa shape index (κ3) is 2.56. The van der Waals surface area contributed by atoms with Gasteiger partial charge in [-0.25, -0.2) is 9.78 Å². The zero-order valence-electron chi connectivity index (χ0n) is 10.7. The number of hydrogen-bond donors (Lipinski definition) is 1. The maximum absolute atomic E-state index is 11.3. The Bertz CT molecular complexity index is 494. The molecule has 0 bridgehead atoms. The predicted octanol–water partition coefficient (Wildman–Crippen LogP) is 1.83. The number of ether oxygens (including phenoxy) is 2. The second-order valence-electron chi connectivity index (χ2n) is 5.06. The molecule has 1 N–H and O–H groups in total. The summed E-state index contributed by atoms with van der Waals surface area (Å²) in [6.07, 6.45) is 4.75. The van der Waals surface area contributed by atoms with E-state index in [1.807, 2.05) is 0 Å². The minimum Gasteiger partial charge on any atom is -0.477 e. The fourth-order valence-corrected chi connectivity index (χ4v) is 2.62. The Hall–Kier alpha value is -1.62. The Morgan fingerprint density at radius 1 is 1.42 bits per heavy atom. The van der Waals surface area contributed by atoms with Gasteiger partial charge in [0.2, 0.25) is 5.88 Å². The van der Waals surface area contributed by atoms with Crippen LogP contribution in [-0.4, -0.2) is 35.4 Å². The molecule has 0 spiro atoms. The van der Waals surface area contributed by atoms with E-state index in [0.717, 1.165) is 43.4 Å². The monoisotopic (exact) mass is 263 g/mol. The lowest BCUT2D eigenvalue weighted by Gasteiger charge is -2.19. The van der Waals surface area contributed by atoms with Gasteiger partial charge in [0.05, 0.1) is 13.2 Å². The molecule has 0 aromatic carbocycles. The van der Waals surface area contributed by atoms with Crippen LogP contribution in [0.15, 0.2) is 6.07 Å². The predicted molar refractivity (Wildman–Crippen MR) is 67.7 cm³/mol. The second kappa shape index (κ2) is 5.17. The molecule has 0 saturated carbocycles. The summed E-state index contributed by atoms with van der Waals surface area (Å²) in [5.41, 5.74) is 2.22. The molecule has 1 aromatic rings. The third-order valence-corrected chi connectivity index (χ3v) is 3.66. The van der Waals surface area contributed by atoms with Gasteiger partial charge in [-0.3, -0.25) is 0 Å². The molecule has 1 atom stereocenters. The highest BCUT2D eigenvalue weighted by Crippen LogP contribution is 2.27. The standard InChI is InChI=1S/C14H17NO4/c16-14(17)11-7-9-3-1-2-4-12(9)15-13(11)19-10-5-6-18-8-10/h7,10H,1-6,8H2,(H,16,17). The van der Waals surface area contributed by atoms with Crippen molar-refractivity contribution in [2.45, 2.75) is 38.2 Å². The van der Waals surface area contributed by atoms with E-state index in [1.165, 1.54) is 0 Å². The summed E-state index contributed by atoms with van der Waals surface area (Å²) < 4.78 is 11.0. The molecule has 2 aliphatic rings. The van der Waals surface area contributed by atoms with Gasteiger partial charge >= 0.3 is 5.97 Å². The lowest BCUT2D eigenvalue weighted by Crippen LogP contribution is -2.20. The second-order valence-corrected chi connectivity index (χ2v) is 5.06. The summed E-state index contributed by atoms with van der Waals surface area (Å²) in [5.74, 6) is -0.724. The van der Waals surface area contributed by atoms with Crippen LogP contribution in [0.2, 0.25) is 0 Å². The fraction of sp³-hybridized carbons (Fsp3) is 0.571. The Labute approximate surface area is 111 Å². The number of aromatic nitrogens is 1. The van der Waals surface area contributed by atoms with Crippen LogP contribution in [-0.2, 0) is 17.6 Å². The number of hydrogen-bond acceptors (Lipinski definition) is 4. The normalized spacial score (nSPS) is 22.0. The number of fused-ring (bicyclic) bond motifs is 1. The molecule has 2 heterocycles. The Morgan fingerprint density at radius 3 is 3.00 bits per heavy atom. The van der Waals surface area contributed by atoms with E-state index < -0.39 is 5.97 Å². The van der Waals surface area contributed by atoms with E-state index in [0.29, 0.717) is 13.2 Å². The number of carboxylic acid groups (broad SMARTS) is 1. The highest BCUT2D eigenvalue weighted by Gasteiger charge is 2.24. The number of nitrogens with zero attached hydrogens (tertiary/aromatic N) is 1. The molecular weight excluding hydrogens is 246 g/mol. The Balaban J connectivity index is 1.93. The number of aromatic carboxylic acids is 1. The van der Waals surface area contributed by atoms with E-state index in [4.69, 9.17) is 9.47 Å². The van der Waals surface area contributed by atoms with Crippen molar-refractivity contribution in [1.29, 1.82) is 0 Å². The molecule has 5 nitrogen and oxygen atoms in total. The Kier molecular flexibility index (Phi) is 3.38. The fourth-order valence-electron chi connectivity index (χ4n) is 2.62. The van der Waals surface area contributed by atoms with Crippen LogP contribution < -0.4 is 4.74 Å². The quantitative estimate of drug-likeness (QED) is 0.901. The van der Waals surface area contributed by atoms with E-state index in [1.54, 1.807) is 6.07 Å². The lowest BCUT2D eigenvalue weighted by molar-refractivity contribution is 0.0685. The highest BCUT2D eigenvalue weighted by atomic mass is 16.5. The van der Waals surface area contributed by atoms with Crippen molar-refractivity contribution < 1.29 is 19.4 Å². The molecule has 1 aliphatic heterocycles. The van der Waals surface area contributed by atoms with Crippen LogP contribution in [0.4, 0.5) is 0 Å². The topological polar surface area (TPSA) is 68.7 Å². The van der Waals surface area contributed by atoms with Crippen molar-refractivity contribution in [1.82, 2.24) is 4.98 Å². The zero-order chi connectivity index (χ0) is 13.2. The molecule has 0 radical (unpaired) electrons. The average molecular weight is 263 g/mol. The van der Waals surface area contributed by atoms with Crippen LogP contribution in [0, 0.1) is 0 Å². The molecule has 19 heavy (non-hydrogen) atoms. The smallest absolute Gasteiger partial charge is 0.341 e. The zero-order valence-corrected chi connectivity index (χ0v) is 10.7. The largest absolute Gasteiger partial charge is 0.477 e. The molecule has 3 rings (SSSR count). The molecule has 1 aromatic heterocycles. The molecule has 1 aliphatic carbocycles. The molecule has 1 unspecified atom stereocenters. The van der Waals surface area contributed by atoms with E-state index in [2.05, 4.69) is 4.98 Å². The van der Waals surface area contributed by atoms with Crippen LogP contribution in [0.5, 0.6) is 5.88 Å². The third-order valence-electron chi connectivity index (χ3n) is 3.66. The van der Waals surface area contributed by atoms with Crippen molar-refractivity contribution >= 4 is 5.97 Å². The summed E-state index contributed by atoms with van der Waals surface area (Å²) in [5, 5.41) is 9.29. The first-order chi connectivity index (χ1) is 9.24. The average Bonchev–Trinajstić information content (AvgIpc) is 2.90. The Morgan fingerprint density at radius 2 is 2.26 bits per heavy atom. The van der Waals surface area contributed by atoms with Crippen molar-refractivity contribution in [3.63, 3.8) is 0 Å². The number of carboxylic acids is 1. The summed E-state index contributed by atoms with van der Waals surface area (Å²) >= 11 is 0. The lowest BCUT2D eigenvalue weighted by atomic mass is 9.95. The summed E-state index contributed by atoms with van der Waals surface area (Å²) in [6, 6.07) is 1.73. The maximum atomic E-state index is 11.3. The summed E-state index contributed by atoms with van der Waals surface area (Å²) in [6.45, 7) is 1.18. The maximum Gasteiger partial charge on any atom is 0.341 e. The molecule has 1 saturated heterocycles.